The van der Waals surface area contributed by atoms with Gasteiger partial charge in [-0.25, -0.2) is 9.59 Å². The number of esters is 1. The Morgan fingerprint density at radius 1 is 1.23 bits per heavy atom. The molecule has 0 atom stereocenters. The number of aliphatic imine (C=N–C) groups is 1. The number of nitrogens with one attached hydrogen (secondary N) is 1. The Balaban J connectivity index is 2.27. The molecule has 114 valence electrons. The number of aromatic amines is 1. The summed E-state index contributed by atoms with van der Waals surface area (Å²) in [6.07, 6.45) is 1.60. The van der Waals surface area contributed by atoms with Crippen LogP contribution in [0.25, 0.3) is 0 Å². The van der Waals surface area contributed by atoms with E-state index in [9.17, 15) is 9.59 Å². The van der Waals surface area contributed by atoms with E-state index in [0.717, 1.165) is 5.56 Å². The van der Waals surface area contributed by atoms with Gasteiger partial charge in [-0.2, -0.15) is 0 Å². The fourth-order valence-corrected chi connectivity index (χ4v) is 2.14. The van der Waals surface area contributed by atoms with Crippen LogP contribution in [0.5, 0.6) is 0 Å². The Bertz CT molecular complexity index is 742. The van der Waals surface area contributed by atoms with E-state index in [1.807, 2.05) is 6.92 Å². The summed E-state index contributed by atoms with van der Waals surface area (Å²) in [4.78, 5) is 29.8. The lowest BCUT2D eigenvalue weighted by molar-refractivity contribution is 0.0598. The number of carboxylic acid groups (broad SMARTS) is 1. The predicted molar refractivity (Wildman–Crippen MR) is 82.3 cm³/mol. The first kappa shape index (κ1) is 15.5. The van der Waals surface area contributed by atoms with Gasteiger partial charge in [0, 0.05) is 5.69 Å². The van der Waals surface area contributed by atoms with Crippen molar-refractivity contribution in [2.75, 3.05) is 7.11 Å². The zero-order valence-corrected chi connectivity index (χ0v) is 12.5. The number of aromatic carboxylic acids is 1. The van der Waals surface area contributed by atoms with Gasteiger partial charge in [-0.15, -0.1) is 0 Å². The van der Waals surface area contributed by atoms with Gasteiger partial charge in [0.15, 0.2) is 0 Å². The average Bonchev–Trinajstić information content (AvgIpc) is 2.79. The zero-order valence-electron chi connectivity index (χ0n) is 12.5. The molecule has 1 aromatic heterocycles. The summed E-state index contributed by atoms with van der Waals surface area (Å²) in [6, 6.07) is 6.21. The third-order valence-corrected chi connectivity index (χ3v) is 3.32. The molecule has 2 aromatic rings. The fraction of sp³-hybridized carbons (Fsp3) is 0.188. The first-order chi connectivity index (χ1) is 10.4. The molecule has 2 rings (SSSR count). The monoisotopic (exact) mass is 300 g/mol. The maximum Gasteiger partial charge on any atom is 0.339 e. The summed E-state index contributed by atoms with van der Waals surface area (Å²) in [5.41, 5.74) is 3.52. The lowest BCUT2D eigenvalue weighted by Gasteiger charge is -1.99. The molecular weight excluding hydrogens is 284 g/mol. The number of carbonyl (C=O) groups is 2. The molecule has 6 nitrogen and oxygen atoms in total. The first-order valence-corrected chi connectivity index (χ1v) is 6.59. The summed E-state index contributed by atoms with van der Waals surface area (Å²) < 4.78 is 4.75. The SMILES string of the molecule is COC(=O)c1c(C)[nH]c(C=Nc2ccc(C(=O)O)cc2)c1C. The second kappa shape index (κ2) is 6.26. The van der Waals surface area contributed by atoms with Gasteiger partial charge in [-0.05, 0) is 43.7 Å². The highest BCUT2D eigenvalue weighted by molar-refractivity contribution is 5.96. The maximum atomic E-state index is 11.7. The molecule has 0 aliphatic rings. The van der Waals surface area contributed by atoms with E-state index in [2.05, 4.69) is 9.98 Å². The van der Waals surface area contributed by atoms with Crippen molar-refractivity contribution in [3.63, 3.8) is 0 Å². The Morgan fingerprint density at radius 3 is 2.41 bits per heavy atom. The molecule has 0 fully saturated rings. The molecule has 2 N–H and O–H groups in total. The number of carbonyl (C=O) groups excluding carboxylic acids is 1. The third-order valence-electron chi connectivity index (χ3n) is 3.32. The van der Waals surface area contributed by atoms with Gasteiger partial charge in [-0.1, -0.05) is 0 Å². The van der Waals surface area contributed by atoms with Gasteiger partial charge < -0.3 is 14.8 Å². The molecule has 22 heavy (non-hydrogen) atoms. The van der Waals surface area contributed by atoms with E-state index < -0.39 is 11.9 Å². The molecule has 0 spiro atoms. The van der Waals surface area contributed by atoms with Gasteiger partial charge in [-0.3, -0.25) is 4.99 Å². The van der Waals surface area contributed by atoms with E-state index >= 15 is 0 Å². The summed E-state index contributed by atoms with van der Waals surface area (Å²) in [5, 5.41) is 8.84. The summed E-state index contributed by atoms with van der Waals surface area (Å²) in [5.74, 6) is -1.37. The summed E-state index contributed by atoms with van der Waals surface area (Å²) in [6.45, 7) is 3.60. The first-order valence-electron chi connectivity index (χ1n) is 6.59. The highest BCUT2D eigenvalue weighted by atomic mass is 16.5. The number of aromatic nitrogens is 1. The van der Waals surface area contributed by atoms with Crippen LogP contribution >= 0.6 is 0 Å². The van der Waals surface area contributed by atoms with Crippen molar-refractivity contribution in [2.45, 2.75) is 13.8 Å². The molecule has 0 bridgehead atoms. The van der Waals surface area contributed by atoms with E-state index in [0.29, 0.717) is 22.6 Å². The van der Waals surface area contributed by atoms with Gasteiger partial charge >= 0.3 is 11.9 Å². The zero-order chi connectivity index (χ0) is 16.3. The quantitative estimate of drug-likeness (QED) is 0.671. The lowest BCUT2D eigenvalue weighted by atomic mass is 10.1. The standard InChI is InChI=1S/C16H16N2O4/c1-9-13(18-10(2)14(9)16(21)22-3)8-17-12-6-4-11(5-7-12)15(19)20/h4-8,18H,1-3H3,(H,19,20). The number of benzene rings is 1. The van der Waals surface area contributed by atoms with Gasteiger partial charge in [0.2, 0.25) is 0 Å². The molecule has 0 saturated heterocycles. The van der Waals surface area contributed by atoms with Crippen LogP contribution in [0, 0.1) is 13.8 Å². The number of methoxy groups -OCH3 is 1. The number of ether oxygens (including phenoxy) is 1. The number of nitrogens with zero attached hydrogens (tertiary/aromatic N) is 1. The van der Waals surface area contributed by atoms with Crippen molar-refractivity contribution in [3.05, 3.63) is 52.3 Å². The molecule has 0 amide bonds. The van der Waals surface area contributed by atoms with Crippen LogP contribution in [0.15, 0.2) is 29.3 Å². The smallest absolute Gasteiger partial charge is 0.339 e. The molecule has 0 aliphatic heterocycles. The van der Waals surface area contributed by atoms with Crippen molar-refractivity contribution in [2.24, 2.45) is 4.99 Å². The van der Waals surface area contributed by atoms with Crippen molar-refractivity contribution in [3.8, 4) is 0 Å². The molecule has 1 aromatic carbocycles. The van der Waals surface area contributed by atoms with Gasteiger partial charge in [0.05, 0.1) is 35.8 Å². The average molecular weight is 300 g/mol. The van der Waals surface area contributed by atoms with Crippen molar-refractivity contribution < 1.29 is 19.4 Å². The Kier molecular flexibility index (Phi) is 4.41. The topological polar surface area (TPSA) is 91.8 Å². The lowest BCUT2D eigenvalue weighted by Crippen LogP contribution is -2.03. The molecule has 0 radical (unpaired) electrons. The molecule has 0 aliphatic carbocycles. The molecule has 6 heteroatoms. The van der Waals surface area contributed by atoms with Crippen molar-refractivity contribution >= 4 is 23.8 Å². The highest BCUT2D eigenvalue weighted by Crippen LogP contribution is 2.19. The van der Waals surface area contributed by atoms with Crippen LogP contribution in [-0.2, 0) is 4.74 Å². The van der Waals surface area contributed by atoms with E-state index in [4.69, 9.17) is 9.84 Å². The molecule has 0 saturated carbocycles. The Labute approximate surface area is 127 Å². The predicted octanol–water partition coefficient (Wildman–Crippen LogP) is 2.87. The molecule has 1 heterocycles. The van der Waals surface area contributed by atoms with Crippen LogP contribution in [0.4, 0.5) is 5.69 Å². The number of hydrogen-bond acceptors (Lipinski definition) is 4. The Morgan fingerprint density at radius 2 is 1.86 bits per heavy atom. The van der Waals surface area contributed by atoms with Crippen molar-refractivity contribution in [1.82, 2.24) is 4.98 Å². The summed E-state index contributed by atoms with van der Waals surface area (Å²) >= 11 is 0. The molecule has 0 unspecified atom stereocenters. The minimum Gasteiger partial charge on any atom is -0.478 e. The van der Waals surface area contributed by atoms with Crippen LogP contribution in [0.3, 0.4) is 0 Å². The Hall–Kier alpha value is -2.89. The fourth-order valence-electron chi connectivity index (χ4n) is 2.14. The van der Waals surface area contributed by atoms with E-state index in [-0.39, 0.29) is 5.56 Å². The van der Waals surface area contributed by atoms with Gasteiger partial charge in [0.25, 0.3) is 0 Å². The van der Waals surface area contributed by atoms with Crippen molar-refractivity contribution in [1.29, 1.82) is 0 Å². The van der Waals surface area contributed by atoms with Crippen LogP contribution in [-0.4, -0.2) is 35.4 Å². The van der Waals surface area contributed by atoms with E-state index in [1.54, 1.807) is 25.3 Å². The summed E-state index contributed by atoms with van der Waals surface area (Å²) in [7, 11) is 1.34. The van der Waals surface area contributed by atoms with Crippen LogP contribution < -0.4 is 0 Å². The number of H-pyrrole nitrogens is 1. The normalized spacial score (nSPS) is 10.9. The largest absolute Gasteiger partial charge is 0.478 e. The van der Waals surface area contributed by atoms with Crippen LogP contribution in [0.1, 0.15) is 37.7 Å². The number of carboxylic acids is 1. The number of hydrogen-bond donors (Lipinski definition) is 2. The van der Waals surface area contributed by atoms with Crippen LogP contribution in [0.2, 0.25) is 0 Å². The second-order valence-corrected chi connectivity index (χ2v) is 4.77. The number of rotatable bonds is 4. The highest BCUT2D eigenvalue weighted by Gasteiger charge is 2.17. The number of aryl methyl sites for hydroxylation is 1. The second-order valence-electron chi connectivity index (χ2n) is 4.77. The third kappa shape index (κ3) is 3.06. The van der Waals surface area contributed by atoms with E-state index in [1.165, 1.54) is 19.2 Å². The van der Waals surface area contributed by atoms with Gasteiger partial charge in [0.1, 0.15) is 0 Å². The maximum absolute atomic E-state index is 11.7. The molecular formula is C16H16N2O4. The minimum atomic E-state index is -0.978. The minimum absolute atomic E-state index is 0.207.